The van der Waals surface area contributed by atoms with Gasteiger partial charge in [0.05, 0.1) is 12.2 Å². The molecule has 0 aliphatic carbocycles. The van der Waals surface area contributed by atoms with Gasteiger partial charge < -0.3 is 14.6 Å². The van der Waals surface area contributed by atoms with Gasteiger partial charge in [-0.05, 0) is 59.3 Å². The lowest BCUT2D eigenvalue weighted by molar-refractivity contribution is 0.102. The van der Waals surface area contributed by atoms with Crippen molar-refractivity contribution in [3.05, 3.63) is 51.9 Å². The molecule has 0 saturated carbocycles. The summed E-state index contributed by atoms with van der Waals surface area (Å²) >= 11 is 2.18. The zero-order valence-electron chi connectivity index (χ0n) is 13.1. The first kappa shape index (κ1) is 16.0. The zero-order valence-corrected chi connectivity index (χ0v) is 15.3. The molecule has 8 heteroatoms. The van der Waals surface area contributed by atoms with Crippen molar-refractivity contribution in [2.24, 2.45) is 0 Å². The molecule has 2 bridgehead atoms. The van der Waals surface area contributed by atoms with Crippen molar-refractivity contribution in [3.8, 4) is 17.3 Å². The number of nitrogens with zero attached hydrogens (tertiary/aromatic N) is 4. The van der Waals surface area contributed by atoms with E-state index in [0.29, 0.717) is 41.8 Å². The summed E-state index contributed by atoms with van der Waals surface area (Å²) < 4.78 is 8.74. The molecule has 1 aliphatic heterocycles. The van der Waals surface area contributed by atoms with Crippen molar-refractivity contribution in [2.45, 2.75) is 13.0 Å². The van der Waals surface area contributed by atoms with Gasteiger partial charge >= 0.3 is 0 Å². The molecule has 2 aromatic heterocycles. The number of hydrogen-bond donors (Lipinski definition) is 1. The van der Waals surface area contributed by atoms with Crippen LogP contribution < -0.4 is 10.1 Å². The van der Waals surface area contributed by atoms with Gasteiger partial charge in [-0.15, -0.1) is 10.2 Å². The number of carbonyl (C=O) groups is 1. The van der Waals surface area contributed by atoms with Crippen LogP contribution in [0.3, 0.4) is 0 Å². The molecule has 7 nitrogen and oxygen atoms in total. The highest BCUT2D eigenvalue weighted by Gasteiger charge is 2.16. The van der Waals surface area contributed by atoms with E-state index in [1.54, 1.807) is 12.4 Å². The summed E-state index contributed by atoms with van der Waals surface area (Å²) in [5, 5.41) is 11.0. The maximum Gasteiger partial charge on any atom is 0.260 e. The molecule has 0 spiro atoms. The molecule has 4 rings (SSSR count). The minimum atomic E-state index is -0.251. The third-order valence-corrected chi connectivity index (χ3v) is 4.49. The SMILES string of the molecule is O=C1Nc2cccc(n2)-c2nncn2CCCOc2ccc(I)cc21. The van der Waals surface area contributed by atoms with E-state index in [0.717, 1.165) is 9.99 Å². The smallest absolute Gasteiger partial charge is 0.260 e. The number of ether oxygens (including phenoxy) is 1. The molecule has 3 heterocycles. The number of benzene rings is 1. The first-order valence-corrected chi connectivity index (χ1v) is 8.87. The average Bonchev–Trinajstić information content (AvgIpc) is 3.08. The van der Waals surface area contributed by atoms with Crippen LogP contribution in [-0.4, -0.2) is 32.3 Å². The third-order valence-electron chi connectivity index (χ3n) is 3.82. The van der Waals surface area contributed by atoms with E-state index < -0.39 is 0 Å². The number of aryl methyl sites for hydroxylation is 1. The minimum absolute atomic E-state index is 0.251. The largest absolute Gasteiger partial charge is 0.493 e. The molecule has 0 saturated heterocycles. The number of carbonyl (C=O) groups excluding carboxylic acids is 1. The van der Waals surface area contributed by atoms with Crippen molar-refractivity contribution < 1.29 is 9.53 Å². The van der Waals surface area contributed by atoms with E-state index in [4.69, 9.17) is 4.74 Å². The fourth-order valence-corrected chi connectivity index (χ4v) is 3.14. The van der Waals surface area contributed by atoms with E-state index in [-0.39, 0.29) is 5.91 Å². The van der Waals surface area contributed by atoms with Crippen molar-refractivity contribution in [2.75, 3.05) is 11.9 Å². The molecule has 0 unspecified atom stereocenters. The Labute approximate surface area is 157 Å². The number of fused-ring (bicyclic) bond motifs is 5. The Kier molecular flexibility index (Phi) is 4.35. The maximum atomic E-state index is 12.7. The standard InChI is InChI=1S/C17H14IN5O2/c18-11-5-6-14-12(9-11)17(24)21-15-4-1-3-13(20-15)16-22-19-10-23(16)7-2-8-25-14/h1,3-6,9-10H,2,7-8H2,(H,20,21,24). The number of hydrogen-bond acceptors (Lipinski definition) is 5. The number of pyridine rings is 1. The lowest BCUT2D eigenvalue weighted by atomic mass is 10.2. The molecular weight excluding hydrogens is 433 g/mol. The Balaban J connectivity index is 1.77. The van der Waals surface area contributed by atoms with Gasteiger partial charge in [0, 0.05) is 10.1 Å². The summed E-state index contributed by atoms with van der Waals surface area (Å²) in [7, 11) is 0. The number of nitrogens with one attached hydrogen (secondary N) is 1. The Bertz CT molecular complexity index is 940. The van der Waals surface area contributed by atoms with Crippen LogP contribution in [0.4, 0.5) is 5.82 Å². The van der Waals surface area contributed by atoms with E-state index >= 15 is 0 Å². The maximum absolute atomic E-state index is 12.7. The number of halogens is 1. The predicted molar refractivity (Wildman–Crippen MR) is 100 cm³/mol. The molecule has 25 heavy (non-hydrogen) atoms. The number of amides is 1. The van der Waals surface area contributed by atoms with Gasteiger partial charge in [0.1, 0.15) is 23.6 Å². The van der Waals surface area contributed by atoms with E-state index in [2.05, 4.69) is 43.1 Å². The summed E-state index contributed by atoms with van der Waals surface area (Å²) in [5.74, 6) is 1.44. The van der Waals surface area contributed by atoms with Crippen LogP contribution in [0, 0.1) is 3.57 Å². The van der Waals surface area contributed by atoms with Crippen LogP contribution in [0.1, 0.15) is 16.8 Å². The van der Waals surface area contributed by atoms with E-state index in [1.165, 1.54) is 0 Å². The molecule has 0 fully saturated rings. The normalized spacial score (nSPS) is 14.0. The van der Waals surface area contributed by atoms with Gasteiger partial charge in [0.2, 0.25) is 0 Å². The molecule has 1 N–H and O–H groups in total. The average molecular weight is 447 g/mol. The lowest BCUT2D eigenvalue weighted by Crippen LogP contribution is -2.15. The van der Waals surface area contributed by atoms with Gasteiger partial charge in [0.15, 0.2) is 5.82 Å². The zero-order chi connectivity index (χ0) is 17.2. The second-order valence-electron chi connectivity index (χ2n) is 5.55. The number of anilines is 1. The van der Waals surface area contributed by atoms with Gasteiger partial charge in [-0.25, -0.2) is 4.98 Å². The number of aromatic nitrogens is 4. The first-order chi connectivity index (χ1) is 12.2. The topological polar surface area (TPSA) is 81.9 Å². The minimum Gasteiger partial charge on any atom is -0.493 e. The number of rotatable bonds is 0. The van der Waals surface area contributed by atoms with Crippen LogP contribution in [0.2, 0.25) is 0 Å². The van der Waals surface area contributed by atoms with Crippen LogP contribution in [0.25, 0.3) is 11.5 Å². The fourth-order valence-electron chi connectivity index (χ4n) is 2.65. The van der Waals surface area contributed by atoms with Crippen LogP contribution >= 0.6 is 22.6 Å². The molecule has 126 valence electrons. The quantitative estimate of drug-likeness (QED) is 0.536. The molecule has 0 radical (unpaired) electrons. The molecular formula is C17H14IN5O2. The highest BCUT2D eigenvalue weighted by Crippen LogP contribution is 2.24. The summed E-state index contributed by atoms with van der Waals surface area (Å²) in [6.45, 7) is 1.19. The van der Waals surface area contributed by atoms with E-state index in [1.807, 2.05) is 34.9 Å². The Morgan fingerprint density at radius 2 is 2.16 bits per heavy atom. The highest BCUT2D eigenvalue weighted by atomic mass is 127. The lowest BCUT2D eigenvalue weighted by Gasteiger charge is -2.12. The Morgan fingerprint density at radius 1 is 1.24 bits per heavy atom. The van der Waals surface area contributed by atoms with Gasteiger partial charge in [-0.1, -0.05) is 6.07 Å². The third kappa shape index (κ3) is 3.34. The van der Waals surface area contributed by atoms with Crippen molar-refractivity contribution >= 4 is 34.3 Å². The second-order valence-corrected chi connectivity index (χ2v) is 6.80. The molecule has 3 aromatic rings. The first-order valence-electron chi connectivity index (χ1n) is 7.80. The molecule has 1 aromatic carbocycles. The molecule has 1 aliphatic rings. The van der Waals surface area contributed by atoms with E-state index in [9.17, 15) is 4.79 Å². The second kappa shape index (κ2) is 6.79. The van der Waals surface area contributed by atoms with Crippen molar-refractivity contribution in [1.82, 2.24) is 19.7 Å². The van der Waals surface area contributed by atoms with Crippen LogP contribution in [0.5, 0.6) is 5.75 Å². The summed E-state index contributed by atoms with van der Waals surface area (Å²) in [5.41, 5.74) is 1.16. The van der Waals surface area contributed by atoms with Crippen LogP contribution in [-0.2, 0) is 6.54 Å². The fraction of sp³-hybridized carbons (Fsp3) is 0.176. The molecule has 0 atom stereocenters. The Morgan fingerprint density at radius 3 is 3.08 bits per heavy atom. The van der Waals surface area contributed by atoms with Crippen LogP contribution in [0.15, 0.2) is 42.7 Å². The summed E-state index contributed by atoms with van der Waals surface area (Å²) in [4.78, 5) is 17.2. The monoisotopic (exact) mass is 447 g/mol. The van der Waals surface area contributed by atoms with Gasteiger partial charge in [-0.3, -0.25) is 4.79 Å². The van der Waals surface area contributed by atoms with Gasteiger partial charge in [-0.2, -0.15) is 0 Å². The molecule has 1 amide bonds. The van der Waals surface area contributed by atoms with Crippen molar-refractivity contribution in [3.63, 3.8) is 0 Å². The summed E-state index contributed by atoms with van der Waals surface area (Å²) in [6, 6.07) is 11.0. The van der Waals surface area contributed by atoms with Crippen molar-refractivity contribution in [1.29, 1.82) is 0 Å². The predicted octanol–water partition coefficient (Wildman–Crippen LogP) is 2.98. The summed E-state index contributed by atoms with van der Waals surface area (Å²) in [6.07, 6.45) is 2.44. The van der Waals surface area contributed by atoms with Gasteiger partial charge in [0.25, 0.3) is 5.91 Å². The highest BCUT2D eigenvalue weighted by molar-refractivity contribution is 14.1. The Hall–Kier alpha value is -2.49.